The average Bonchev–Trinajstić information content (AvgIpc) is 1.89. The Hall–Kier alpha value is 0.320. The predicted molar refractivity (Wildman–Crippen MR) is 47.8 cm³/mol. The molecule has 0 bridgehead atoms. The second kappa shape index (κ2) is 6.06. The third-order valence-corrected chi connectivity index (χ3v) is 1.45. The van der Waals surface area contributed by atoms with Gasteiger partial charge in [0.25, 0.3) is 0 Å². The van der Waals surface area contributed by atoms with E-state index in [2.05, 4.69) is 28.1 Å². The van der Waals surface area contributed by atoms with Gasteiger partial charge in [0.2, 0.25) is 0 Å². The molecule has 60 valence electrons. The molecular formula is C6H12INO2. The van der Waals surface area contributed by atoms with E-state index in [9.17, 15) is 4.79 Å². The first-order valence-corrected chi connectivity index (χ1v) is 4.63. The van der Waals surface area contributed by atoms with Crippen molar-refractivity contribution in [3.8, 4) is 0 Å². The second-order valence-electron chi connectivity index (χ2n) is 2.28. The molecule has 0 aliphatic carbocycles. The van der Waals surface area contributed by atoms with Crippen molar-refractivity contribution >= 4 is 28.9 Å². The van der Waals surface area contributed by atoms with E-state index in [0.717, 1.165) is 6.29 Å². The van der Waals surface area contributed by atoms with Crippen LogP contribution in [0.4, 0.5) is 0 Å². The molecule has 0 radical (unpaired) electrons. The lowest BCUT2D eigenvalue weighted by Gasteiger charge is -2.14. The van der Waals surface area contributed by atoms with Gasteiger partial charge in [-0.25, -0.2) is 0 Å². The molecule has 0 saturated heterocycles. The number of hydroxylamine groups is 1. The number of rotatable bonds is 5. The third kappa shape index (κ3) is 4.19. The van der Waals surface area contributed by atoms with Gasteiger partial charge >= 0.3 is 0 Å². The van der Waals surface area contributed by atoms with Gasteiger partial charge in [0.05, 0.1) is 6.04 Å². The molecule has 0 aliphatic heterocycles. The molecule has 0 aromatic carbocycles. The molecule has 0 heterocycles. The number of carbonyl (C=O) groups excluding carboxylic acids is 1. The summed E-state index contributed by atoms with van der Waals surface area (Å²) >= 11 is 2.06. The van der Waals surface area contributed by atoms with Crippen LogP contribution in [0.15, 0.2) is 0 Å². The molecule has 0 aromatic heterocycles. The Morgan fingerprint density at radius 3 is 2.60 bits per heavy atom. The maximum Gasteiger partial charge on any atom is 0.139 e. The Balaban J connectivity index is 3.50. The molecule has 0 spiro atoms. The topological polar surface area (TPSA) is 38.3 Å². The molecule has 0 rings (SSSR count). The minimum absolute atomic E-state index is 0.185. The molecule has 0 fully saturated rings. The molecule has 10 heavy (non-hydrogen) atoms. The summed E-state index contributed by atoms with van der Waals surface area (Å²) in [6, 6.07) is -0.185. The highest BCUT2D eigenvalue weighted by Gasteiger charge is 2.10. The fourth-order valence-electron chi connectivity index (χ4n) is 0.449. The maximum absolute atomic E-state index is 10.3. The normalized spacial score (nSPS) is 13.6. The SMILES string of the molecule is CC(C)[C@@H](C=O)NOCI. The van der Waals surface area contributed by atoms with Crippen LogP contribution in [-0.2, 0) is 9.63 Å². The number of halogens is 1. The van der Waals surface area contributed by atoms with Gasteiger partial charge in [0.15, 0.2) is 0 Å². The predicted octanol–water partition coefficient (Wildman–Crippen LogP) is 1.12. The summed E-state index contributed by atoms with van der Waals surface area (Å²) in [5, 5.41) is 0. The summed E-state index contributed by atoms with van der Waals surface area (Å²) in [6.07, 6.45) is 0.858. The average molecular weight is 257 g/mol. The van der Waals surface area contributed by atoms with Crippen LogP contribution in [0, 0.1) is 5.92 Å². The van der Waals surface area contributed by atoms with Crippen molar-refractivity contribution in [3.63, 3.8) is 0 Å². The molecule has 0 aromatic rings. The lowest BCUT2D eigenvalue weighted by atomic mass is 10.1. The van der Waals surface area contributed by atoms with Gasteiger partial charge in [-0.2, -0.15) is 5.48 Å². The van der Waals surface area contributed by atoms with Gasteiger partial charge in [-0.3, -0.25) is 4.84 Å². The first-order valence-electron chi connectivity index (χ1n) is 3.11. The molecule has 3 nitrogen and oxygen atoms in total. The number of alkyl halides is 1. The van der Waals surface area contributed by atoms with Crippen molar-refractivity contribution in [1.29, 1.82) is 0 Å². The van der Waals surface area contributed by atoms with Crippen molar-refractivity contribution in [2.45, 2.75) is 19.9 Å². The molecular weight excluding hydrogens is 245 g/mol. The van der Waals surface area contributed by atoms with Crippen LogP contribution in [0.1, 0.15) is 13.8 Å². The smallest absolute Gasteiger partial charge is 0.139 e. The van der Waals surface area contributed by atoms with Gasteiger partial charge < -0.3 is 4.79 Å². The Labute approximate surface area is 74.6 Å². The molecule has 0 saturated carbocycles. The summed E-state index contributed by atoms with van der Waals surface area (Å²) in [5.41, 5.74) is 2.64. The summed E-state index contributed by atoms with van der Waals surface area (Å²) in [7, 11) is 0. The maximum atomic E-state index is 10.3. The van der Waals surface area contributed by atoms with Crippen LogP contribution >= 0.6 is 22.6 Å². The number of aldehydes is 1. The zero-order chi connectivity index (χ0) is 7.98. The van der Waals surface area contributed by atoms with Crippen LogP contribution < -0.4 is 5.48 Å². The highest BCUT2D eigenvalue weighted by molar-refractivity contribution is 14.1. The Kier molecular flexibility index (Phi) is 6.25. The second-order valence-corrected chi connectivity index (χ2v) is 2.90. The Bertz CT molecular complexity index is 97.7. The quantitative estimate of drug-likeness (QED) is 0.347. The van der Waals surface area contributed by atoms with Gasteiger partial charge in [-0.15, -0.1) is 0 Å². The summed E-state index contributed by atoms with van der Waals surface area (Å²) in [4.78, 5) is 15.2. The van der Waals surface area contributed by atoms with E-state index < -0.39 is 0 Å². The first-order chi connectivity index (χ1) is 4.72. The molecule has 0 unspecified atom stereocenters. The zero-order valence-electron chi connectivity index (χ0n) is 6.13. The van der Waals surface area contributed by atoms with Crippen LogP contribution in [0.2, 0.25) is 0 Å². The fraction of sp³-hybridized carbons (Fsp3) is 0.833. The van der Waals surface area contributed by atoms with E-state index in [1.165, 1.54) is 0 Å². The lowest BCUT2D eigenvalue weighted by molar-refractivity contribution is -0.114. The van der Waals surface area contributed by atoms with Crippen LogP contribution in [-0.4, -0.2) is 16.9 Å². The highest BCUT2D eigenvalue weighted by Crippen LogP contribution is 1.97. The number of hydrogen-bond acceptors (Lipinski definition) is 3. The van der Waals surface area contributed by atoms with Crippen LogP contribution in [0.25, 0.3) is 0 Å². The lowest BCUT2D eigenvalue weighted by Crippen LogP contribution is -2.34. The number of carbonyl (C=O) groups is 1. The Morgan fingerprint density at radius 1 is 1.70 bits per heavy atom. The fourth-order valence-corrected chi connectivity index (χ4v) is 0.629. The van der Waals surface area contributed by atoms with E-state index in [4.69, 9.17) is 4.84 Å². The van der Waals surface area contributed by atoms with Gasteiger partial charge in [-0.05, 0) is 5.92 Å². The van der Waals surface area contributed by atoms with E-state index in [-0.39, 0.29) is 12.0 Å². The largest absolute Gasteiger partial charge is 0.302 e. The minimum Gasteiger partial charge on any atom is -0.302 e. The van der Waals surface area contributed by atoms with Crippen molar-refractivity contribution in [2.75, 3.05) is 4.61 Å². The minimum atomic E-state index is -0.185. The van der Waals surface area contributed by atoms with Crippen LogP contribution in [0.3, 0.4) is 0 Å². The molecule has 1 atom stereocenters. The summed E-state index contributed by atoms with van der Waals surface area (Å²) < 4.78 is 0.550. The van der Waals surface area contributed by atoms with Gasteiger partial charge in [0, 0.05) is 0 Å². The van der Waals surface area contributed by atoms with E-state index in [1.807, 2.05) is 13.8 Å². The number of hydrogen-bond donors (Lipinski definition) is 1. The molecule has 0 aliphatic rings. The molecule has 4 heteroatoms. The third-order valence-electron chi connectivity index (χ3n) is 1.14. The van der Waals surface area contributed by atoms with E-state index in [1.54, 1.807) is 0 Å². The summed E-state index contributed by atoms with van der Waals surface area (Å²) in [6.45, 7) is 3.92. The highest BCUT2D eigenvalue weighted by atomic mass is 127. The van der Waals surface area contributed by atoms with E-state index in [0.29, 0.717) is 4.61 Å². The van der Waals surface area contributed by atoms with Crippen molar-refractivity contribution in [1.82, 2.24) is 5.48 Å². The first kappa shape index (κ1) is 10.3. The summed E-state index contributed by atoms with van der Waals surface area (Å²) in [5.74, 6) is 0.278. The van der Waals surface area contributed by atoms with Crippen molar-refractivity contribution < 1.29 is 9.63 Å². The van der Waals surface area contributed by atoms with Crippen molar-refractivity contribution in [3.05, 3.63) is 0 Å². The molecule has 0 amide bonds. The van der Waals surface area contributed by atoms with Crippen molar-refractivity contribution in [2.24, 2.45) is 5.92 Å². The molecule has 1 N–H and O–H groups in total. The number of nitrogens with one attached hydrogen (secondary N) is 1. The van der Waals surface area contributed by atoms with Gasteiger partial charge in [-0.1, -0.05) is 36.4 Å². The standard InChI is InChI=1S/C6H12INO2/c1-5(2)6(3-9)8-10-4-7/h3,5-6,8H,4H2,1-2H3/t6-/m1/s1. The van der Waals surface area contributed by atoms with E-state index >= 15 is 0 Å². The van der Waals surface area contributed by atoms with Crippen LogP contribution in [0.5, 0.6) is 0 Å². The van der Waals surface area contributed by atoms with Gasteiger partial charge in [0.1, 0.15) is 10.9 Å². The zero-order valence-corrected chi connectivity index (χ0v) is 8.29. The monoisotopic (exact) mass is 257 g/mol. The Morgan fingerprint density at radius 2 is 2.30 bits per heavy atom.